The Kier molecular flexibility index (Phi) is 4.08. The summed E-state index contributed by atoms with van der Waals surface area (Å²) in [5, 5.41) is 3.77. The number of allylic oxidation sites excluding steroid dienone is 1. The molecule has 4 heteroatoms. The van der Waals surface area contributed by atoms with Gasteiger partial charge in [0.05, 0.1) is 6.26 Å². The average molecular weight is 240 g/mol. The van der Waals surface area contributed by atoms with E-state index in [1.54, 1.807) is 18.2 Å². The maximum atomic E-state index is 11.4. The molecule has 0 unspecified atom stereocenters. The summed E-state index contributed by atoms with van der Waals surface area (Å²) in [6.45, 7) is 0. The predicted molar refractivity (Wildman–Crippen MR) is 70.1 cm³/mol. The van der Waals surface area contributed by atoms with Crippen LogP contribution in [-0.2, 0) is 0 Å². The molecule has 1 aromatic heterocycles. The van der Waals surface area contributed by atoms with E-state index >= 15 is 0 Å². The minimum Gasteiger partial charge on any atom is -0.459 e. The summed E-state index contributed by atoms with van der Waals surface area (Å²) in [6.07, 6.45) is 6.59. The van der Waals surface area contributed by atoms with Gasteiger partial charge < -0.3 is 4.42 Å². The molecule has 0 spiro atoms. The summed E-state index contributed by atoms with van der Waals surface area (Å²) in [5.41, 5.74) is 3.43. The lowest BCUT2D eigenvalue weighted by Crippen LogP contribution is -2.16. The monoisotopic (exact) mass is 240 g/mol. The van der Waals surface area contributed by atoms with Crippen molar-refractivity contribution in [1.82, 2.24) is 5.43 Å². The lowest BCUT2D eigenvalue weighted by Gasteiger charge is -1.93. The molecule has 0 atom stereocenters. The normalized spacial score (nSPS) is 11.1. The highest BCUT2D eigenvalue weighted by Crippen LogP contribution is 2.00. The molecule has 0 saturated carbocycles. The minimum atomic E-state index is -0.371. The van der Waals surface area contributed by atoms with Gasteiger partial charge in [-0.05, 0) is 23.8 Å². The first-order valence-electron chi connectivity index (χ1n) is 5.45. The molecule has 0 aliphatic heterocycles. The van der Waals surface area contributed by atoms with Crippen LogP contribution in [0.1, 0.15) is 16.1 Å². The van der Waals surface area contributed by atoms with Crippen molar-refractivity contribution in [3.63, 3.8) is 0 Å². The number of benzene rings is 1. The average Bonchev–Trinajstić information content (AvgIpc) is 2.93. The molecule has 0 saturated heterocycles. The van der Waals surface area contributed by atoms with Gasteiger partial charge in [0.25, 0.3) is 0 Å². The van der Waals surface area contributed by atoms with Crippen molar-refractivity contribution in [1.29, 1.82) is 0 Å². The lowest BCUT2D eigenvalue weighted by molar-refractivity contribution is 0.0927. The van der Waals surface area contributed by atoms with Crippen molar-refractivity contribution in [2.45, 2.75) is 0 Å². The van der Waals surface area contributed by atoms with E-state index in [0.717, 1.165) is 5.56 Å². The van der Waals surface area contributed by atoms with Gasteiger partial charge in [-0.2, -0.15) is 5.10 Å². The Morgan fingerprint density at radius 2 is 2.00 bits per heavy atom. The highest BCUT2D eigenvalue weighted by molar-refractivity contribution is 5.92. The number of nitrogens with zero attached hydrogens (tertiary/aromatic N) is 1. The standard InChI is InChI=1S/C14H12N2O2/c17-14(13-9-5-11-18-13)16-15-10-4-8-12-6-2-1-3-7-12/h1-11H,(H,16,17). The summed E-state index contributed by atoms with van der Waals surface area (Å²) in [6, 6.07) is 13.0. The number of amides is 1. The van der Waals surface area contributed by atoms with E-state index in [0.29, 0.717) is 0 Å². The first-order valence-corrected chi connectivity index (χ1v) is 5.45. The second-order valence-corrected chi connectivity index (χ2v) is 3.47. The molecule has 0 bridgehead atoms. The highest BCUT2D eigenvalue weighted by atomic mass is 16.3. The number of nitrogens with one attached hydrogen (secondary N) is 1. The second-order valence-electron chi connectivity index (χ2n) is 3.47. The van der Waals surface area contributed by atoms with Crippen LogP contribution in [0.5, 0.6) is 0 Å². The van der Waals surface area contributed by atoms with Crippen molar-refractivity contribution in [2.24, 2.45) is 5.10 Å². The largest absolute Gasteiger partial charge is 0.459 e. The summed E-state index contributed by atoms with van der Waals surface area (Å²) in [5.74, 6) is -0.136. The predicted octanol–water partition coefficient (Wildman–Crippen LogP) is 2.71. The second kappa shape index (κ2) is 6.20. The Hall–Kier alpha value is -2.62. The van der Waals surface area contributed by atoms with E-state index in [2.05, 4.69) is 10.5 Å². The quantitative estimate of drug-likeness (QED) is 0.659. The minimum absolute atomic E-state index is 0.235. The van der Waals surface area contributed by atoms with E-state index in [9.17, 15) is 4.79 Å². The van der Waals surface area contributed by atoms with Gasteiger partial charge in [0.15, 0.2) is 5.76 Å². The molecule has 2 rings (SSSR count). The smallest absolute Gasteiger partial charge is 0.307 e. The van der Waals surface area contributed by atoms with Crippen LogP contribution in [0, 0.1) is 0 Å². The van der Waals surface area contributed by atoms with Crippen molar-refractivity contribution in [3.8, 4) is 0 Å². The van der Waals surface area contributed by atoms with Crippen LogP contribution >= 0.6 is 0 Å². The summed E-state index contributed by atoms with van der Waals surface area (Å²) in [7, 11) is 0. The third-order valence-corrected chi connectivity index (χ3v) is 2.16. The zero-order chi connectivity index (χ0) is 12.6. The van der Waals surface area contributed by atoms with Crippen LogP contribution in [0.2, 0.25) is 0 Å². The first kappa shape index (κ1) is 11.9. The van der Waals surface area contributed by atoms with Crippen LogP contribution in [0.25, 0.3) is 6.08 Å². The summed E-state index contributed by atoms with van der Waals surface area (Å²) >= 11 is 0. The Bertz CT molecular complexity index is 542. The van der Waals surface area contributed by atoms with Crippen molar-refractivity contribution >= 4 is 18.2 Å². The SMILES string of the molecule is O=C(NN=CC=Cc1ccccc1)c1ccco1. The van der Waals surface area contributed by atoms with Crippen LogP contribution < -0.4 is 5.43 Å². The maximum Gasteiger partial charge on any atom is 0.307 e. The molecule has 0 aliphatic rings. The maximum absolute atomic E-state index is 11.4. The van der Waals surface area contributed by atoms with E-state index in [-0.39, 0.29) is 11.7 Å². The Morgan fingerprint density at radius 1 is 1.17 bits per heavy atom. The molecule has 1 aromatic carbocycles. The van der Waals surface area contributed by atoms with Crippen LogP contribution in [0.4, 0.5) is 0 Å². The van der Waals surface area contributed by atoms with E-state index in [4.69, 9.17) is 4.42 Å². The number of carbonyl (C=O) groups is 1. The van der Waals surface area contributed by atoms with Crippen molar-refractivity contribution in [2.75, 3.05) is 0 Å². The van der Waals surface area contributed by atoms with Crippen molar-refractivity contribution in [3.05, 3.63) is 66.1 Å². The molecule has 2 aromatic rings. The molecule has 1 N–H and O–H groups in total. The molecule has 4 nitrogen and oxygen atoms in total. The molecule has 0 aliphatic carbocycles. The van der Waals surface area contributed by atoms with Gasteiger partial charge in [0, 0.05) is 6.21 Å². The Morgan fingerprint density at radius 3 is 2.72 bits per heavy atom. The van der Waals surface area contributed by atoms with Crippen molar-refractivity contribution < 1.29 is 9.21 Å². The first-order chi connectivity index (χ1) is 8.86. The number of rotatable bonds is 4. The van der Waals surface area contributed by atoms with Gasteiger partial charge >= 0.3 is 5.91 Å². The molecule has 18 heavy (non-hydrogen) atoms. The van der Waals surface area contributed by atoms with Gasteiger partial charge in [-0.25, -0.2) is 5.43 Å². The van der Waals surface area contributed by atoms with Gasteiger partial charge in [0.2, 0.25) is 0 Å². The fourth-order valence-electron chi connectivity index (χ4n) is 1.32. The number of hydrogen-bond acceptors (Lipinski definition) is 3. The summed E-state index contributed by atoms with van der Waals surface area (Å²) < 4.78 is 4.92. The third-order valence-electron chi connectivity index (χ3n) is 2.16. The molecule has 1 amide bonds. The zero-order valence-electron chi connectivity index (χ0n) is 9.61. The fourth-order valence-corrected chi connectivity index (χ4v) is 1.32. The zero-order valence-corrected chi connectivity index (χ0v) is 9.61. The van der Waals surface area contributed by atoms with E-state index < -0.39 is 0 Å². The molecule has 1 heterocycles. The Labute approximate surface area is 105 Å². The highest BCUT2D eigenvalue weighted by Gasteiger charge is 2.05. The van der Waals surface area contributed by atoms with Crippen LogP contribution in [0.3, 0.4) is 0 Å². The molecule has 90 valence electrons. The van der Waals surface area contributed by atoms with Gasteiger partial charge in [0.1, 0.15) is 0 Å². The van der Waals surface area contributed by atoms with Gasteiger partial charge in [-0.15, -0.1) is 0 Å². The summed E-state index contributed by atoms with van der Waals surface area (Å²) in [4.78, 5) is 11.4. The molecule has 0 fully saturated rings. The number of carbonyl (C=O) groups excluding carboxylic acids is 1. The fraction of sp³-hybridized carbons (Fsp3) is 0. The molecular formula is C14H12N2O2. The van der Waals surface area contributed by atoms with Crippen LogP contribution in [-0.4, -0.2) is 12.1 Å². The Balaban J connectivity index is 1.82. The number of hydrogen-bond donors (Lipinski definition) is 1. The molecular weight excluding hydrogens is 228 g/mol. The number of furan rings is 1. The van der Waals surface area contributed by atoms with E-state index in [1.165, 1.54) is 12.5 Å². The van der Waals surface area contributed by atoms with Gasteiger partial charge in [-0.3, -0.25) is 4.79 Å². The van der Waals surface area contributed by atoms with E-state index in [1.807, 2.05) is 36.4 Å². The number of hydrazone groups is 1. The van der Waals surface area contributed by atoms with Gasteiger partial charge in [-0.1, -0.05) is 36.4 Å². The lowest BCUT2D eigenvalue weighted by atomic mass is 10.2. The molecule has 0 radical (unpaired) electrons. The third kappa shape index (κ3) is 3.45. The topological polar surface area (TPSA) is 54.6 Å². The van der Waals surface area contributed by atoms with Crippen LogP contribution in [0.15, 0.2) is 64.3 Å².